The third-order valence-corrected chi connectivity index (χ3v) is 7.36. The van der Waals surface area contributed by atoms with Gasteiger partial charge in [0.1, 0.15) is 5.69 Å². The van der Waals surface area contributed by atoms with Crippen LogP contribution in [0.2, 0.25) is 0 Å². The summed E-state index contributed by atoms with van der Waals surface area (Å²) in [6.07, 6.45) is 3.06. The van der Waals surface area contributed by atoms with Crippen molar-refractivity contribution in [1.82, 2.24) is 19.6 Å². The Kier molecular flexibility index (Phi) is 5.32. The first-order valence-electron chi connectivity index (χ1n) is 11.4. The van der Waals surface area contributed by atoms with E-state index in [9.17, 15) is 5.11 Å². The van der Waals surface area contributed by atoms with E-state index in [0.29, 0.717) is 19.4 Å². The van der Waals surface area contributed by atoms with Crippen LogP contribution in [0.25, 0.3) is 28.1 Å². The van der Waals surface area contributed by atoms with Crippen LogP contribution in [-0.4, -0.2) is 37.4 Å². The molecule has 0 aliphatic carbocycles. The standard InChI is InChI=1S/C27H24N4O2S/c1-18-17-27(32,12-14-33-18)20-5-4-6-21(16-20)34-22-9-10-24-19(15-22)8-11-25-29-30-26(31(24)25)23-7-2-3-13-28-23/h2-11,13,15-16,18,32H,12,14,17H2,1H3/t18-,27+/m0/s1. The quantitative estimate of drug-likeness (QED) is 0.376. The second-order valence-corrected chi connectivity index (χ2v) is 9.93. The molecule has 34 heavy (non-hydrogen) atoms. The topological polar surface area (TPSA) is 72.5 Å². The zero-order valence-electron chi connectivity index (χ0n) is 18.8. The largest absolute Gasteiger partial charge is 0.385 e. The predicted molar refractivity (Wildman–Crippen MR) is 133 cm³/mol. The lowest BCUT2D eigenvalue weighted by atomic mass is 9.84. The Labute approximate surface area is 201 Å². The van der Waals surface area contributed by atoms with E-state index in [0.717, 1.165) is 43.4 Å². The molecular weight excluding hydrogens is 444 g/mol. The summed E-state index contributed by atoms with van der Waals surface area (Å²) in [5, 5.41) is 21.1. The van der Waals surface area contributed by atoms with Gasteiger partial charge in [0.15, 0.2) is 11.5 Å². The first kappa shape index (κ1) is 21.3. The van der Waals surface area contributed by atoms with Crippen molar-refractivity contribution in [1.29, 1.82) is 0 Å². The number of benzene rings is 2. The van der Waals surface area contributed by atoms with Crippen molar-refractivity contribution in [3.63, 3.8) is 0 Å². The molecule has 1 aliphatic rings. The molecule has 0 radical (unpaired) electrons. The molecule has 0 unspecified atom stereocenters. The highest BCUT2D eigenvalue weighted by Crippen LogP contribution is 2.38. The van der Waals surface area contributed by atoms with Crippen LogP contribution >= 0.6 is 11.8 Å². The second kappa shape index (κ2) is 8.51. The summed E-state index contributed by atoms with van der Waals surface area (Å²) in [7, 11) is 0. The molecule has 6 nitrogen and oxygen atoms in total. The summed E-state index contributed by atoms with van der Waals surface area (Å²) in [5.74, 6) is 0.730. The van der Waals surface area contributed by atoms with Crippen molar-refractivity contribution in [2.75, 3.05) is 6.61 Å². The zero-order chi connectivity index (χ0) is 23.1. The van der Waals surface area contributed by atoms with Crippen molar-refractivity contribution < 1.29 is 9.84 Å². The fraction of sp³-hybridized carbons (Fsp3) is 0.222. The number of nitrogens with zero attached hydrogens (tertiary/aromatic N) is 4. The highest BCUT2D eigenvalue weighted by Gasteiger charge is 2.35. The molecule has 2 atom stereocenters. The maximum absolute atomic E-state index is 11.2. The van der Waals surface area contributed by atoms with E-state index in [-0.39, 0.29) is 6.10 Å². The van der Waals surface area contributed by atoms with Crippen LogP contribution in [0.15, 0.2) is 88.8 Å². The molecule has 1 aliphatic heterocycles. The van der Waals surface area contributed by atoms with Crippen molar-refractivity contribution in [2.24, 2.45) is 0 Å². The number of fused-ring (bicyclic) bond motifs is 3. The van der Waals surface area contributed by atoms with Crippen molar-refractivity contribution in [2.45, 2.75) is 41.3 Å². The highest BCUT2D eigenvalue weighted by atomic mass is 32.2. The summed E-state index contributed by atoms with van der Waals surface area (Å²) in [5.41, 5.74) is 2.74. The van der Waals surface area contributed by atoms with Gasteiger partial charge < -0.3 is 9.84 Å². The molecule has 6 rings (SSSR count). The molecule has 3 aromatic heterocycles. The average Bonchev–Trinajstić information content (AvgIpc) is 3.29. The van der Waals surface area contributed by atoms with E-state index in [4.69, 9.17) is 4.74 Å². The molecule has 0 saturated carbocycles. The van der Waals surface area contributed by atoms with Crippen molar-refractivity contribution in [3.8, 4) is 11.5 Å². The number of hydrogen-bond donors (Lipinski definition) is 1. The van der Waals surface area contributed by atoms with Gasteiger partial charge in [-0.2, -0.15) is 0 Å². The van der Waals surface area contributed by atoms with Gasteiger partial charge in [-0.25, -0.2) is 0 Å². The number of hydrogen-bond acceptors (Lipinski definition) is 6. The van der Waals surface area contributed by atoms with Gasteiger partial charge in [0, 0.05) is 28.8 Å². The number of aliphatic hydroxyl groups is 1. The third-order valence-electron chi connectivity index (χ3n) is 6.38. The molecule has 0 amide bonds. The highest BCUT2D eigenvalue weighted by molar-refractivity contribution is 7.99. The minimum absolute atomic E-state index is 0.0565. The molecule has 5 aromatic rings. The lowest BCUT2D eigenvalue weighted by molar-refractivity contribution is -0.101. The third kappa shape index (κ3) is 3.86. The predicted octanol–water partition coefficient (Wildman–Crippen LogP) is 5.48. The zero-order valence-corrected chi connectivity index (χ0v) is 19.6. The molecule has 1 saturated heterocycles. The van der Waals surface area contributed by atoms with Crippen LogP contribution in [0.1, 0.15) is 25.3 Å². The molecule has 1 fully saturated rings. The van der Waals surface area contributed by atoms with E-state index in [2.05, 4.69) is 56.0 Å². The summed E-state index contributed by atoms with van der Waals surface area (Å²) >= 11 is 1.69. The Hall–Kier alpha value is -3.26. The average molecular weight is 469 g/mol. The van der Waals surface area contributed by atoms with Crippen molar-refractivity contribution in [3.05, 3.63) is 84.6 Å². The fourth-order valence-corrected chi connectivity index (χ4v) is 5.64. The Morgan fingerprint density at radius 1 is 1.00 bits per heavy atom. The lowest BCUT2D eigenvalue weighted by Crippen LogP contribution is -2.37. The van der Waals surface area contributed by atoms with Gasteiger partial charge in [-0.3, -0.25) is 9.38 Å². The van der Waals surface area contributed by atoms with Gasteiger partial charge in [0.2, 0.25) is 0 Å². The van der Waals surface area contributed by atoms with Crippen LogP contribution in [0.4, 0.5) is 0 Å². The summed E-state index contributed by atoms with van der Waals surface area (Å²) in [4.78, 5) is 6.68. The van der Waals surface area contributed by atoms with E-state index >= 15 is 0 Å². The van der Waals surface area contributed by atoms with Crippen molar-refractivity contribution >= 4 is 28.3 Å². The molecular formula is C27H24N4O2S. The number of pyridine rings is 2. The Balaban J connectivity index is 1.34. The van der Waals surface area contributed by atoms with E-state index in [1.165, 1.54) is 0 Å². The monoisotopic (exact) mass is 468 g/mol. The van der Waals surface area contributed by atoms with Gasteiger partial charge in [0.05, 0.1) is 23.8 Å². The van der Waals surface area contributed by atoms with Crippen LogP contribution in [0.3, 0.4) is 0 Å². The number of ether oxygens (including phenoxy) is 1. The molecule has 2 aromatic carbocycles. The number of rotatable bonds is 4. The van der Waals surface area contributed by atoms with E-state index in [1.54, 1.807) is 18.0 Å². The Bertz CT molecular complexity index is 1490. The van der Waals surface area contributed by atoms with E-state index < -0.39 is 5.60 Å². The SMILES string of the molecule is C[C@H]1C[C@@](O)(c2cccc(Sc3ccc4c(ccc5nnc(-c6ccccn6)n54)c3)c2)CCO1. The minimum atomic E-state index is -0.834. The van der Waals surface area contributed by atoms with Crippen LogP contribution in [0, 0.1) is 0 Å². The van der Waals surface area contributed by atoms with E-state index in [1.807, 2.05) is 43.3 Å². The molecule has 1 N–H and O–H groups in total. The Morgan fingerprint density at radius 3 is 2.76 bits per heavy atom. The van der Waals surface area contributed by atoms with Gasteiger partial charge in [-0.15, -0.1) is 10.2 Å². The van der Waals surface area contributed by atoms with Gasteiger partial charge in [-0.1, -0.05) is 30.0 Å². The second-order valence-electron chi connectivity index (χ2n) is 8.78. The normalized spacial score (nSPS) is 20.7. The Morgan fingerprint density at radius 2 is 1.91 bits per heavy atom. The number of aromatic nitrogens is 4. The molecule has 170 valence electrons. The first-order valence-corrected chi connectivity index (χ1v) is 12.2. The molecule has 4 heterocycles. The summed E-state index contributed by atoms with van der Waals surface area (Å²) in [6.45, 7) is 2.60. The van der Waals surface area contributed by atoms with Gasteiger partial charge in [-0.05, 0) is 72.5 Å². The first-order chi connectivity index (χ1) is 16.6. The van der Waals surface area contributed by atoms with Gasteiger partial charge in [0.25, 0.3) is 0 Å². The van der Waals surface area contributed by atoms with Gasteiger partial charge >= 0.3 is 0 Å². The van der Waals surface area contributed by atoms with Crippen LogP contribution in [-0.2, 0) is 10.3 Å². The maximum atomic E-state index is 11.2. The molecule has 7 heteroatoms. The lowest BCUT2D eigenvalue weighted by Gasteiger charge is -2.36. The smallest absolute Gasteiger partial charge is 0.187 e. The van der Waals surface area contributed by atoms with Crippen LogP contribution < -0.4 is 0 Å². The maximum Gasteiger partial charge on any atom is 0.187 e. The molecule has 0 bridgehead atoms. The summed E-state index contributed by atoms with van der Waals surface area (Å²) in [6, 6.07) is 24.5. The fourth-order valence-electron chi connectivity index (χ4n) is 4.71. The van der Waals surface area contributed by atoms with Crippen LogP contribution in [0.5, 0.6) is 0 Å². The summed E-state index contributed by atoms with van der Waals surface area (Å²) < 4.78 is 7.69. The molecule has 0 spiro atoms. The minimum Gasteiger partial charge on any atom is -0.385 e.